The van der Waals surface area contributed by atoms with Gasteiger partial charge in [0, 0.05) is 6.54 Å². The summed E-state index contributed by atoms with van der Waals surface area (Å²) in [5, 5.41) is 11.4. The Kier molecular flexibility index (Phi) is 3.62. The van der Waals surface area contributed by atoms with Crippen molar-refractivity contribution in [1.29, 1.82) is 0 Å². The second-order valence-corrected chi connectivity index (χ2v) is 3.26. The van der Waals surface area contributed by atoms with Gasteiger partial charge in [-0.1, -0.05) is 6.07 Å². The highest BCUT2D eigenvalue weighted by molar-refractivity contribution is 5.99. The Morgan fingerprint density at radius 3 is 2.93 bits per heavy atom. The molecule has 82 valence electrons. The highest BCUT2D eigenvalue weighted by Gasteiger charge is 2.12. The number of halogens is 1. The highest BCUT2D eigenvalue weighted by atomic mass is 19.1. The number of rotatable bonds is 3. The summed E-state index contributed by atoms with van der Waals surface area (Å²) in [7, 11) is 0. The Morgan fingerprint density at radius 2 is 2.33 bits per heavy atom. The van der Waals surface area contributed by atoms with E-state index in [0.717, 1.165) is 0 Å². The Bertz CT molecular complexity index is 366. The number of aliphatic hydroxyl groups is 1. The minimum absolute atomic E-state index is 0.0793. The van der Waals surface area contributed by atoms with Crippen molar-refractivity contribution in [3.05, 3.63) is 29.6 Å². The first kappa shape index (κ1) is 11.5. The summed E-state index contributed by atoms with van der Waals surface area (Å²) in [5.74, 6) is -1.12. The number of para-hydroxylation sites is 1. The van der Waals surface area contributed by atoms with E-state index >= 15 is 0 Å². The van der Waals surface area contributed by atoms with Gasteiger partial charge in [0.05, 0.1) is 17.4 Å². The number of aliphatic hydroxyl groups excluding tert-OH is 1. The Balaban J connectivity index is 2.78. The molecule has 0 saturated carbocycles. The number of nitrogen functional groups attached to an aromatic ring is 1. The lowest BCUT2D eigenvalue weighted by atomic mass is 10.1. The van der Waals surface area contributed by atoms with E-state index in [1.807, 2.05) is 0 Å². The van der Waals surface area contributed by atoms with E-state index in [1.54, 1.807) is 0 Å². The molecule has 0 fully saturated rings. The molecule has 4 N–H and O–H groups in total. The third kappa shape index (κ3) is 2.92. The fourth-order valence-electron chi connectivity index (χ4n) is 1.07. The lowest BCUT2D eigenvalue weighted by Crippen LogP contribution is -2.31. The van der Waals surface area contributed by atoms with Gasteiger partial charge in [0.2, 0.25) is 0 Å². The van der Waals surface area contributed by atoms with Crippen LogP contribution in [0.5, 0.6) is 0 Å². The molecular formula is C10H13FN2O2. The molecule has 1 atom stereocenters. The maximum Gasteiger partial charge on any atom is 0.253 e. The van der Waals surface area contributed by atoms with Crippen LogP contribution in [-0.2, 0) is 0 Å². The predicted octanol–water partition coefficient (Wildman–Crippen LogP) is 0.519. The second-order valence-electron chi connectivity index (χ2n) is 3.26. The van der Waals surface area contributed by atoms with Crippen molar-refractivity contribution >= 4 is 11.6 Å². The minimum Gasteiger partial charge on any atom is -0.396 e. The van der Waals surface area contributed by atoms with Gasteiger partial charge in [-0.3, -0.25) is 4.79 Å². The van der Waals surface area contributed by atoms with Crippen molar-refractivity contribution in [3.8, 4) is 0 Å². The summed E-state index contributed by atoms with van der Waals surface area (Å²) in [6.45, 7) is 1.64. The molecule has 0 aliphatic rings. The average molecular weight is 212 g/mol. The van der Waals surface area contributed by atoms with Crippen LogP contribution < -0.4 is 11.1 Å². The summed E-state index contributed by atoms with van der Waals surface area (Å²) in [6.07, 6.45) is -0.649. The molecule has 0 radical (unpaired) electrons. The summed E-state index contributed by atoms with van der Waals surface area (Å²) in [5.41, 5.74) is 5.29. The summed E-state index contributed by atoms with van der Waals surface area (Å²) in [6, 6.07) is 4.01. The molecule has 0 spiro atoms. The van der Waals surface area contributed by atoms with Crippen molar-refractivity contribution in [2.75, 3.05) is 12.3 Å². The van der Waals surface area contributed by atoms with Gasteiger partial charge >= 0.3 is 0 Å². The molecule has 5 heteroatoms. The standard InChI is InChI=1S/C10H13FN2O2/c1-6(14)5-13-10(15)7-3-2-4-8(11)9(7)12/h2-4,6,14H,5,12H2,1H3,(H,13,15)/t6-/m1/s1. The first-order valence-electron chi connectivity index (χ1n) is 4.52. The van der Waals surface area contributed by atoms with Crippen molar-refractivity contribution in [1.82, 2.24) is 5.32 Å². The molecule has 4 nitrogen and oxygen atoms in total. The third-order valence-corrected chi connectivity index (χ3v) is 1.86. The van der Waals surface area contributed by atoms with Gasteiger partial charge in [-0.25, -0.2) is 4.39 Å². The minimum atomic E-state index is -0.649. The van der Waals surface area contributed by atoms with E-state index in [2.05, 4.69) is 5.32 Å². The topological polar surface area (TPSA) is 75.3 Å². The summed E-state index contributed by atoms with van der Waals surface area (Å²) in [4.78, 5) is 11.5. The van der Waals surface area contributed by atoms with E-state index in [-0.39, 0.29) is 17.8 Å². The van der Waals surface area contributed by atoms with Crippen LogP contribution in [0.4, 0.5) is 10.1 Å². The summed E-state index contributed by atoms with van der Waals surface area (Å²) >= 11 is 0. The number of hydrogen-bond acceptors (Lipinski definition) is 3. The van der Waals surface area contributed by atoms with Gasteiger partial charge in [0.15, 0.2) is 0 Å². The monoisotopic (exact) mass is 212 g/mol. The number of amides is 1. The van der Waals surface area contributed by atoms with Crippen LogP contribution in [0.1, 0.15) is 17.3 Å². The van der Waals surface area contributed by atoms with Gasteiger partial charge in [-0.05, 0) is 19.1 Å². The fraction of sp³-hybridized carbons (Fsp3) is 0.300. The van der Waals surface area contributed by atoms with E-state index in [1.165, 1.54) is 25.1 Å². The largest absolute Gasteiger partial charge is 0.396 e. The van der Waals surface area contributed by atoms with Gasteiger partial charge in [-0.15, -0.1) is 0 Å². The Morgan fingerprint density at radius 1 is 1.67 bits per heavy atom. The lowest BCUT2D eigenvalue weighted by Gasteiger charge is -2.09. The number of hydrogen-bond donors (Lipinski definition) is 3. The normalized spacial score (nSPS) is 12.2. The first-order valence-corrected chi connectivity index (χ1v) is 4.52. The predicted molar refractivity (Wildman–Crippen MR) is 54.8 cm³/mol. The van der Waals surface area contributed by atoms with Crippen LogP contribution in [0.2, 0.25) is 0 Å². The summed E-state index contributed by atoms with van der Waals surface area (Å²) < 4.78 is 13.0. The maximum atomic E-state index is 13.0. The van der Waals surface area contributed by atoms with Gasteiger partial charge in [0.25, 0.3) is 5.91 Å². The second kappa shape index (κ2) is 4.75. The zero-order valence-electron chi connectivity index (χ0n) is 8.33. The van der Waals surface area contributed by atoms with Crippen LogP contribution in [-0.4, -0.2) is 23.7 Å². The molecule has 0 saturated heterocycles. The zero-order valence-corrected chi connectivity index (χ0v) is 8.33. The van der Waals surface area contributed by atoms with E-state index in [9.17, 15) is 9.18 Å². The molecule has 0 unspecified atom stereocenters. The average Bonchev–Trinajstić information content (AvgIpc) is 2.18. The number of carbonyl (C=O) groups is 1. The van der Waals surface area contributed by atoms with Gasteiger partial charge in [0.1, 0.15) is 5.82 Å². The molecule has 1 aromatic rings. The van der Waals surface area contributed by atoms with E-state index in [4.69, 9.17) is 10.8 Å². The number of anilines is 1. The number of carbonyl (C=O) groups excluding carboxylic acids is 1. The van der Waals surface area contributed by atoms with Crippen molar-refractivity contribution in [2.24, 2.45) is 0 Å². The van der Waals surface area contributed by atoms with Crippen molar-refractivity contribution in [2.45, 2.75) is 13.0 Å². The molecule has 1 rings (SSSR count). The van der Waals surface area contributed by atoms with Crippen molar-refractivity contribution < 1.29 is 14.3 Å². The Labute approximate surface area is 86.9 Å². The van der Waals surface area contributed by atoms with Crippen LogP contribution in [0.15, 0.2) is 18.2 Å². The highest BCUT2D eigenvalue weighted by Crippen LogP contribution is 2.15. The molecule has 1 amide bonds. The molecule has 0 heterocycles. The molecule has 0 aromatic heterocycles. The quantitative estimate of drug-likeness (QED) is 0.639. The Hall–Kier alpha value is -1.62. The molecule has 0 aliphatic carbocycles. The first-order chi connectivity index (χ1) is 7.02. The van der Waals surface area contributed by atoms with E-state index in [0.29, 0.717) is 0 Å². The molecule has 0 bridgehead atoms. The molecule has 15 heavy (non-hydrogen) atoms. The van der Waals surface area contributed by atoms with Gasteiger partial charge in [-0.2, -0.15) is 0 Å². The number of nitrogens with two attached hydrogens (primary N) is 1. The maximum absolute atomic E-state index is 13.0. The number of nitrogens with one attached hydrogen (secondary N) is 1. The SMILES string of the molecule is C[C@@H](O)CNC(=O)c1cccc(F)c1N. The van der Waals surface area contributed by atoms with E-state index < -0.39 is 17.8 Å². The van der Waals surface area contributed by atoms with Crippen molar-refractivity contribution in [3.63, 3.8) is 0 Å². The zero-order chi connectivity index (χ0) is 11.4. The molecule has 1 aromatic carbocycles. The van der Waals surface area contributed by atoms with Crippen LogP contribution in [0.3, 0.4) is 0 Å². The van der Waals surface area contributed by atoms with Gasteiger partial charge < -0.3 is 16.2 Å². The third-order valence-electron chi connectivity index (χ3n) is 1.86. The number of benzene rings is 1. The van der Waals surface area contributed by atoms with Crippen LogP contribution >= 0.6 is 0 Å². The fourth-order valence-corrected chi connectivity index (χ4v) is 1.07. The molecular weight excluding hydrogens is 199 g/mol. The molecule has 0 aliphatic heterocycles. The van der Waals surface area contributed by atoms with Crippen LogP contribution in [0.25, 0.3) is 0 Å². The lowest BCUT2D eigenvalue weighted by molar-refractivity contribution is 0.0924. The van der Waals surface area contributed by atoms with Crippen LogP contribution in [0, 0.1) is 5.82 Å². The smallest absolute Gasteiger partial charge is 0.253 e.